The number of halogens is 1. The molecule has 1 aromatic rings. The number of nitrogens with zero attached hydrogens (tertiary/aromatic N) is 4. The van der Waals surface area contributed by atoms with E-state index < -0.39 is 0 Å². The minimum Gasteiger partial charge on any atom is -0.379 e. The van der Waals surface area contributed by atoms with Crippen LogP contribution in [0, 0.1) is 0 Å². The lowest BCUT2D eigenvalue weighted by molar-refractivity contribution is 0.0195. The number of nitrogens with one attached hydrogen (secondary N) is 1. The van der Waals surface area contributed by atoms with Crippen LogP contribution >= 0.6 is 24.0 Å². The summed E-state index contributed by atoms with van der Waals surface area (Å²) in [5, 5.41) is 3.57. The third-order valence-electron chi connectivity index (χ3n) is 6.57. The average Bonchev–Trinajstić information content (AvgIpc) is 3.27. The summed E-state index contributed by atoms with van der Waals surface area (Å²) >= 11 is 0. The molecule has 0 bridgehead atoms. The summed E-state index contributed by atoms with van der Waals surface area (Å²) in [6.45, 7) is 10.4. The van der Waals surface area contributed by atoms with Gasteiger partial charge in [0.25, 0.3) is 0 Å². The molecule has 4 rings (SSSR count). The molecule has 1 atom stereocenters. The predicted octanol–water partition coefficient (Wildman–Crippen LogP) is 2.77. The summed E-state index contributed by atoms with van der Waals surface area (Å²) in [7, 11) is 1.89. The van der Waals surface area contributed by atoms with Gasteiger partial charge in [0.05, 0.1) is 13.2 Å². The van der Waals surface area contributed by atoms with Crippen LogP contribution in [0.15, 0.2) is 29.3 Å². The van der Waals surface area contributed by atoms with E-state index in [0.717, 1.165) is 58.4 Å². The van der Waals surface area contributed by atoms with Crippen molar-refractivity contribution < 1.29 is 4.74 Å². The van der Waals surface area contributed by atoms with Gasteiger partial charge in [0.2, 0.25) is 0 Å². The number of benzene rings is 1. The van der Waals surface area contributed by atoms with Crippen molar-refractivity contribution >= 4 is 29.9 Å². The normalized spacial score (nSPS) is 24.0. The third kappa shape index (κ3) is 6.55. The Labute approximate surface area is 199 Å². The minimum atomic E-state index is 0. The molecule has 168 valence electrons. The molecule has 0 aromatic heterocycles. The number of guanidine groups is 1. The summed E-state index contributed by atoms with van der Waals surface area (Å²) in [4.78, 5) is 12.1. The van der Waals surface area contributed by atoms with Crippen molar-refractivity contribution in [1.29, 1.82) is 0 Å². The summed E-state index contributed by atoms with van der Waals surface area (Å²) < 4.78 is 5.50. The quantitative estimate of drug-likeness (QED) is 0.363. The van der Waals surface area contributed by atoms with E-state index in [9.17, 15) is 0 Å². The largest absolute Gasteiger partial charge is 0.379 e. The fourth-order valence-electron chi connectivity index (χ4n) is 4.83. The SMILES string of the molecule is CN=C(NCc1ccc(CN2CCCCC2)cc1)N1CCC(N2CCOCC2)C1.I. The molecule has 0 radical (unpaired) electrons. The van der Waals surface area contributed by atoms with Crippen LogP contribution in [-0.2, 0) is 17.8 Å². The fraction of sp³-hybridized carbons (Fsp3) is 0.696. The molecular weight excluding hydrogens is 489 g/mol. The standard InChI is InChI=1S/C23H37N5O.HI/c1-24-23(28-12-9-22(19-28)27-13-15-29-16-14-27)25-17-20-5-7-21(8-6-20)18-26-10-3-2-4-11-26;/h5-8,22H,2-4,9-19H2,1H3,(H,24,25);1H. The van der Waals surface area contributed by atoms with Gasteiger partial charge in [-0.1, -0.05) is 30.7 Å². The molecule has 0 aliphatic carbocycles. The van der Waals surface area contributed by atoms with Gasteiger partial charge in [-0.25, -0.2) is 0 Å². The fourth-order valence-corrected chi connectivity index (χ4v) is 4.83. The number of morpholine rings is 1. The third-order valence-corrected chi connectivity index (χ3v) is 6.57. The van der Waals surface area contributed by atoms with Crippen LogP contribution in [0.3, 0.4) is 0 Å². The zero-order valence-electron chi connectivity index (χ0n) is 18.4. The van der Waals surface area contributed by atoms with Gasteiger partial charge in [0, 0.05) is 52.4 Å². The monoisotopic (exact) mass is 527 g/mol. The van der Waals surface area contributed by atoms with Crippen LogP contribution in [0.2, 0.25) is 0 Å². The van der Waals surface area contributed by atoms with Crippen molar-refractivity contribution in [2.24, 2.45) is 4.99 Å². The summed E-state index contributed by atoms with van der Waals surface area (Å²) in [5.41, 5.74) is 2.74. The molecular formula is C23H38IN5O. The molecule has 3 saturated heterocycles. The topological polar surface area (TPSA) is 43.3 Å². The highest BCUT2D eigenvalue weighted by Gasteiger charge is 2.30. The number of piperidine rings is 1. The zero-order valence-corrected chi connectivity index (χ0v) is 20.7. The van der Waals surface area contributed by atoms with Gasteiger partial charge in [-0.15, -0.1) is 24.0 Å². The van der Waals surface area contributed by atoms with Crippen molar-refractivity contribution in [3.05, 3.63) is 35.4 Å². The van der Waals surface area contributed by atoms with Crippen LogP contribution in [0.25, 0.3) is 0 Å². The van der Waals surface area contributed by atoms with Gasteiger partial charge in [-0.05, 0) is 43.5 Å². The Morgan fingerprint density at radius 2 is 1.70 bits per heavy atom. The number of rotatable bonds is 5. The maximum Gasteiger partial charge on any atom is 0.193 e. The molecule has 1 aromatic carbocycles. The van der Waals surface area contributed by atoms with Crippen molar-refractivity contribution in [3.63, 3.8) is 0 Å². The second-order valence-electron chi connectivity index (χ2n) is 8.59. The van der Waals surface area contributed by atoms with E-state index >= 15 is 0 Å². The first-order chi connectivity index (χ1) is 14.3. The Morgan fingerprint density at radius 3 is 2.40 bits per heavy atom. The molecule has 0 saturated carbocycles. The van der Waals surface area contributed by atoms with Crippen molar-refractivity contribution in [1.82, 2.24) is 20.0 Å². The van der Waals surface area contributed by atoms with E-state index in [1.807, 2.05) is 7.05 Å². The molecule has 7 heteroatoms. The smallest absolute Gasteiger partial charge is 0.193 e. The first-order valence-corrected chi connectivity index (χ1v) is 11.4. The van der Waals surface area contributed by atoms with Gasteiger partial charge < -0.3 is 15.0 Å². The minimum absolute atomic E-state index is 0. The first-order valence-electron chi connectivity index (χ1n) is 11.4. The zero-order chi connectivity index (χ0) is 19.9. The van der Waals surface area contributed by atoms with Crippen molar-refractivity contribution in [2.75, 3.05) is 59.5 Å². The maximum absolute atomic E-state index is 5.50. The molecule has 3 aliphatic rings. The molecule has 3 aliphatic heterocycles. The van der Waals surface area contributed by atoms with Crippen LogP contribution in [0.4, 0.5) is 0 Å². The maximum atomic E-state index is 5.50. The van der Waals surface area contributed by atoms with E-state index in [0.29, 0.717) is 6.04 Å². The lowest BCUT2D eigenvalue weighted by Gasteiger charge is -2.32. The highest BCUT2D eigenvalue weighted by Crippen LogP contribution is 2.17. The molecule has 1 N–H and O–H groups in total. The van der Waals surface area contributed by atoms with E-state index in [4.69, 9.17) is 4.74 Å². The van der Waals surface area contributed by atoms with Gasteiger partial charge in [0.15, 0.2) is 5.96 Å². The van der Waals surface area contributed by atoms with Crippen molar-refractivity contribution in [3.8, 4) is 0 Å². The summed E-state index contributed by atoms with van der Waals surface area (Å²) in [6.07, 6.45) is 5.31. The first kappa shape index (κ1) is 23.8. The average molecular weight is 527 g/mol. The van der Waals surface area contributed by atoms with Gasteiger partial charge in [-0.3, -0.25) is 14.8 Å². The Hall–Kier alpha value is -0.900. The molecule has 30 heavy (non-hydrogen) atoms. The number of hydrogen-bond donors (Lipinski definition) is 1. The van der Waals surface area contributed by atoms with Crippen molar-refractivity contribution in [2.45, 2.75) is 44.8 Å². The molecule has 6 nitrogen and oxygen atoms in total. The lowest BCUT2D eigenvalue weighted by Crippen LogP contribution is -2.46. The van der Waals surface area contributed by atoms with Crippen LogP contribution in [0.1, 0.15) is 36.8 Å². The molecule has 0 spiro atoms. The number of ether oxygens (including phenoxy) is 1. The van der Waals surface area contributed by atoms with E-state index in [-0.39, 0.29) is 24.0 Å². The Bertz CT molecular complexity index is 656. The molecule has 3 fully saturated rings. The number of hydrogen-bond acceptors (Lipinski definition) is 4. The molecule has 3 heterocycles. The summed E-state index contributed by atoms with van der Waals surface area (Å²) in [6, 6.07) is 9.74. The predicted molar refractivity (Wildman–Crippen MR) is 134 cm³/mol. The highest BCUT2D eigenvalue weighted by atomic mass is 127. The molecule has 1 unspecified atom stereocenters. The van der Waals surface area contributed by atoms with Gasteiger partial charge >= 0.3 is 0 Å². The second-order valence-corrected chi connectivity index (χ2v) is 8.59. The highest BCUT2D eigenvalue weighted by molar-refractivity contribution is 14.0. The van der Waals surface area contributed by atoms with E-state index in [1.54, 1.807) is 0 Å². The second kappa shape index (κ2) is 12.2. The van der Waals surface area contributed by atoms with Crippen LogP contribution in [0.5, 0.6) is 0 Å². The Balaban J connectivity index is 0.00000256. The molecule has 0 amide bonds. The number of aliphatic imine (C=N–C) groups is 1. The van der Waals surface area contributed by atoms with Gasteiger partial charge in [0.1, 0.15) is 0 Å². The lowest BCUT2D eigenvalue weighted by atomic mass is 10.1. The summed E-state index contributed by atoms with van der Waals surface area (Å²) in [5.74, 6) is 1.03. The van der Waals surface area contributed by atoms with Crippen LogP contribution < -0.4 is 5.32 Å². The Kier molecular flexibility index (Phi) is 9.67. The number of likely N-dealkylation sites (tertiary alicyclic amines) is 2. The Morgan fingerprint density at radius 1 is 1.00 bits per heavy atom. The van der Waals surface area contributed by atoms with Gasteiger partial charge in [-0.2, -0.15) is 0 Å². The van der Waals surface area contributed by atoms with E-state index in [2.05, 4.69) is 49.3 Å². The van der Waals surface area contributed by atoms with Crippen LogP contribution in [-0.4, -0.2) is 86.2 Å². The van der Waals surface area contributed by atoms with E-state index in [1.165, 1.54) is 49.9 Å².